The average molecular weight is 422 g/mol. The van der Waals surface area contributed by atoms with Crippen molar-refractivity contribution in [3.8, 4) is 5.75 Å². The molecule has 2 unspecified atom stereocenters. The van der Waals surface area contributed by atoms with Crippen LogP contribution in [0.2, 0.25) is 0 Å². The lowest BCUT2D eigenvalue weighted by Gasteiger charge is -2.28. The minimum absolute atomic E-state index is 0.0852. The van der Waals surface area contributed by atoms with Crippen molar-refractivity contribution in [3.63, 3.8) is 0 Å². The molecule has 0 heterocycles. The van der Waals surface area contributed by atoms with Crippen molar-refractivity contribution < 1.29 is 29.0 Å². The van der Waals surface area contributed by atoms with Gasteiger partial charge >= 0.3 is 5.97 Å². The lowest BCUT2D eigenvalue weighted by molar-refractivity contribution is -0.387. The third kappa shape index (κ3) is 5.91. The molecule has 2 aromatic rings. The molecule has 9 nitrogen and oxygen atoms in total. The Morgan fingerprint density at radius 2 is 1.86 bits per heavy atom. The Morgan fingerprint density at radius 3 is 2.45 bits per heavy atom. The maximum absolute atomic E-state index is 12.4. The van der Waals surface area contributed by atoms with Crippen LogP contribution in [0, 0.1) is 10.1 Å². The monoisotopic (exact) mass is 422 g/mol. The molecular weight excluding hydrogens is 400 g/mol. The predicted molar refractivity (Wildman–Crippen MR) is 106 cm³/mol. The number of nitro benzene ring substituents is 1. The van der Waals surface area contributed by atoms with E-state index in [4.69, 9.17) is 14.2 Å². The van der Waals surface area contributed by atoms with E-state index in [9.17, 15) is 20.0 Å². The van der Waals surface area contributed by atoms with Crippen molar-refractivity contribution in [2.24, 2.45) is 0 Å². The summed E-state index contributed by atoms with van der Waals surface area (Å²) in [4.78, 5) is 23.4. The quantitative estimate of drug-likeness (QED) is 0.203. The number of rotatable bonds is 10. The Hall–Kier alpha value is -2.66. The number of benzene rings is 2. The number of para-hydroxylation sites is 1. The second-order valence-electron chi connectivity index (χ2n) is 5.90. The van der Waals surface area contributed by atoms with E-state index in [1.165, 1.54) is 24.6 Å². The molecule has 0 amide bonds. The number of methoxy groups -OCH3 is 2. The van der Waals surface area contributed by atoms with E-state index in [2.05, 4.69) is 0 Å². The third-order valence-electron chi connectivity index (χ3n) is 4.00. The molecule has 2 atom stereocenters. The summed E-state index contributed by atoms with van der Waals surface area (Å²) in [5, 5.41) is 22.1. The molecule has 0 bridgehead atoms. The zero-order valence-corrected chi connectivity index (χ0v) is 17.0. The first-order chi connectivity index (χ1) is 13.9. The minimum Gasteiger partial charge on any atom is -0.468 e. The number of esters is 1. The first kappa shape index (κ1) is 22.6. The van der Waals surface area contributed by atoms with Gasteiger partial charge in [-0.1, -0.05) is 24.3 Å². The molecule has 0 aliphatic carbocycles. The highest BCUT2D eigenvalue weighted by molar-refractivity contribution is 7.97. The van der Waals surface area contributed by atoms with Crippen molar-refractivity contribution in [1.29, 1.82) is 0 Å². The number of carbonyl (C=O) groups is 1. The number of carbonyl (C=O) groups excluding carboxylic acids is 1. The standard InChI is InChI=1S/C19H22N2O7S/c1-20(29-16-7-5-4-6-15(16)21(24)25)17(19(23)27-3)18(22)13-8-10-14(11-9-13)28-12-26-2/h4-11,17-18,22H,12H2,1-3H3. The van der Waals surface area contributed by atoms with Crippen molar-refractivity contribution in [2.75, 3.05) is 28.1 Å². The smallest absolute Gasteiger partial charge is 0.327 e. The van der Waals surface area contributed by atoms with Gasteiger partial charge in [0.15, 0.2) is 6.79 Å². The lowest BCUT2D eigenvalue weighted by Crippen LogP contribution is -2.40. The van der Waals surface area contributed by atoms with Crippen LogP contribution in [-0.4, -0.2) is 54.4 Å². The molecular formula is C19H22N2O7S. The van der Waals surface area contributed by atoms with Crippen LogP contribution >= 0.6 is 11.9 Å². The first-order valence-electron chi connectivity index (χ1n) is 8.50. The number of nitrogens with zero attached hydrogens (tertiary/aromatic N) is 2. The van der Waals surface area contributed by atoms with E-state index in [1.807, 2.05) is 0 Å². The molecule has 0 saturated heterocycles. The van der Waals surface area contributed by atoms with Gasteiger partial charge in [-0.15, -0.1) is 0 Å². The second-order valence-corrected chi connectivity index (χ2v) is 7.09. The molecule has 0 spiro atoms. The number of hydrogen-bond acceptors (Lipinski definition) is 9. The summed E-state index contributed by atoms with van der Waals surface area (Å²) >= 11 is 0.977. The zero-order valence-electron chi connectivity index (χ0n) is 16.2. The predicted octanol–water partition coefficient (Wildman–Crippen LogP) is 2.79. The summed E-state index contributed by atoms with van der Waals surface area (Å²) in [6.45, 7) is 0.0852. The van der Waals surface area contributed by atoms with Gasteiger partial charge in [-0.25, -0.2) is 4.31 Å². The van der Waals surface area contributed by atoms with Crippen LogP contribution in [0.25, 0.3) is 0 Å². The van der Waals surface area contributed by atoms with Gasteiger partial charge in [0.05, 0.1) is 12.0 Å². The van der Waals surface area contributed by atoms with Gasteiger partial charge in [0.25, 0.3) is 5.69 Å². The van der Waals surface area contributed by atoms with Crippen molar-refractivity contribution in [2.45, 2.75) is 17.0 Å². The molecule has 156 valence electrons. The number of hydrogen-bond donors (Lipinski definition) is 1. The summed E-state index contributed by atoms with van der Waals surface area (Å²) in [7, 11) is 4.28. The van der Waals surface area contributed by atoms with Crippen LogP contribution < -0.4 is 4.74 Å². The fraction of sp³-hybridized carbons (Fsp3) is 0.316. The van der Waals surface area contributed by atoms with Gasteiger partial charge < -0.3 is 19.3 Å². The summed E-state index contributed by atoms with van der Waals surface area (Å²) in [5.74, 6) is -0.133. The summed E-state index contributed by atoms with van der Waals surface area (Å²) in [5.41, 5.74) is 0.363. The zero-order chi connectivity index (χ0) is 21.4. The van der Waals surface area contributed by atoms with Gasteiger partial charge in [-0.05, 0) is 42.8 Å². The van der Waals surface area contributed by atoms with Gasteiger partial charge in [-0.3, -0.25) is 14.9 Å². The highest BCUT2D eigenvalue weighted by atomic mass is 32.2. The van der Waals surface area contributed by atoms with Crippen LogP contribution in [0.15, 0.2) is 53.4 Å². The molecule has 0 saturated carbocycles. The minimum atomic E-state index is -1.24. The van der Waals surface area contributed by atoms with Crippen LogP contribution in [0.5, 0.6) is 5.75 Å². The Kier molecular flexibility index (Phi) is 8.40. The van der Waals surface area contributed by atoms with Crippen molar-refractivity contribution in [1.82, 2.24) is 4.31 Å². The summed E-state index contributed by atoms with van der Waals surface area (Å²) < 4.78 is 16.4. The molecule has 10 heteroatoms. The molecule has 2 rings (SSSR count). The number of aliphatic hydroxyl groups excluding tert-OH is 1. The lowest BCUT2D eigenvalue weighted by atomic mass is 10.0. The molecule has 2 aromatic carbocycles. The van der Waals surface area contributed by atoms with E-state index in [0.29, 0.717) is 16.2 Å². The second kappa shape index (κ2) is 10.8. The highest BCUT2D eigenvalue weighted by Crippen LogP contribution is 2.35. The molecule has 0 aromatic heterocycles. The molecule has 0 aliphatic heterocycles. The first-order valence-corrected chi connectivity index (χ1v) is 9.28. The topological polar surface area (TPSA) is 111 Å². The van der Waals surface area contributed by atoms with Gasteiger partial charge in [0.1, 0.15) is 22.8 Å². The number of ether oxygens (including phenoxy) is 3. The van der Waals surface area contributed by atoms with Crippen LogP contribution in [0.1, 0.15) is 11.7 Å². The van der Waals surface area contributed by atoms with E-state index in [-0.39, 0.29) is 12.5 Å². The van der Waals surface area contributed by atoms with Crippen LogP contribution in [-0.2, 0) is 14.3 Å². The fourth-order valence-electron chi connectivity index (χ4n) is 2.56. The molecule has 0 radical (unpaired) electrons. The fourth-order valence-corrected chi connectivity index (χ4v) is 3.57. The molecule has 0 fully saturated rings. The Bertz CT molecular complexity index is 832. The SMILES string of the molecule is COCOc1ccc(C(O)C(C(=O)OC)N(C)Sc2ccccc2[N+](=O)[O-])cc1. The van der Waals surface area contributed by atoms with Crippen molar-refractivity contribution >= 4 is 23.6 Å². The van der Waals surface area contributed by atoms with E-state index < -0.39 is 23.0 Å². The molecule has 1 N–H and O–H groups in total. The van der Waals surface area contributed by atoms with Gasteiger partial charge in [0.2, 0.25) is 0 Å². The van der Waals surface area contributed by atoms with Crippen LogP contribution in [0.4, 0.5) is 5.69 Å². The molecule has 29 heavy (non-hydrogen) atoms. The average Bonchev–Trinajstić information content (AvgIpc) is 2.72. The van der Waals surface area contributed by atoms with E-state index >= 15 is 0 Å². The maximum Gasteiger partial charge on any atom is 0.327 e. The number of nitro groups is 1. The van der Waals surface area contributed by atoms with Gasteiger partial charge in [0, 0.05) is 13.2 Å². The van der Waals surface area contributed by atoms with E-state index in [1.54, 1.807) is 49.5 Å². The Labute approximate surface area is 172 Å². The Balaban J connectivity index is 2.24. The van der Waals surface area contributed by atoms with E-state index in [0.717, 1.165) is 11.9 Å². The number of aliphatic hydroxyl groups is 1. The third-order valence-corrected chi connectivity index (χ3v) is 5.06. The van der Waals surface area contributed by atoms with Crippen LogP contribution in [0.3, 0.4) is 0 Å². The summed E-state index contributed by atoms with van der Waals surface area (Å²) in [6.07, 6.45) is -1.24. The summed E-state index contributed by atoms with van der Waals surface area (Å²) in [6, 6.07) is 11.6. The maximum atomic E-state index is 12.4. The number of likely N-dealkylation sites (N-methyl/N-ethyl adjacent to an activating group) is 1. The normalized spacial score (nSPS) is 13.0. The largest absolute Gasteiger partial charge is 0.468 e. The molecule has 0 aliphatic rings. The Morgan fingerprint density at radius 1 is 1.21 bits per heavy atom. The van der Waals surface area contributed by atoms with Crippen molar-refractivity contribution in [3.05, 3.63) is 64.2 Å². The highest BCUT2D eigenvalue weighted by Gasteiger charge is 2.34. The van der Waals surface area contributed by atoms with Gasteiger partial charge in [-0.2, -0.15) is 0 Å².